The molecule has 1 amide bonds. The van der Waals surface area contributed by atoms with Gasteiger partial charge in [-0.05, 0) is 51.0 Å². The summed E-state index contributed by atoms with van der Waals surface area (Å²) in [6, 6.07) is 9.71. The molecule has 30 heavy (non-hydrogen) atoms. The molecule has 0 saturated carbocycles. The highest BCUT2D eigenvalue weighted by Gasteiger charge is 2.31. The highest BCUT2D eigenvalue weighted by Crippen LogP contribution is 2.35. The summed E-state index contributed by atoms with van der Waals surface area (Å²) in [7, 11) is -3.73. The monoisotopic (exact) mass is 432 g/mol. The van der Waals surface area contributed by atoms with Crippen molar-refractivity contribution in [2.75, 3.05) is 23.8 Å². The zero-order valence-corrected chi connectivity index (χ0v) is 18.7. The highest BCUT2D eigenvalue weighted by molar-refractivity contribution is 7.92. The van der Waals surface area contributed by atoms with Gasteiger partial charge in [-0.2, -0.15) is 0 Å². The van der Waals surface area contributed by atoms with Gasteiger partial charge in [0.15, 0.2) is 11.5 Å². The van der Waals surface area contributed by atoms with E-state index < -0.39 is 16.1 Å². The Balaban J connectivity index is 1.86. The number of nitrogens with one attached hydrogen (secondary N) is 1. The second-order valence-electron chi connectivity index (χ2n) is 7.65. The lowest BCUT2D eigenvalue weighted by Gasteiger charge is -2.30. The minimum atomic E-state index is -3.73. The summed E-state index contributed by atoms with van der Waals surface area (Å²) in [6.07, 6.45) is 1.09. The zero-order chi connectivity index (χ0) is 22.1. The topological polar surface area (TPSA) is 84.9 Å². The van der Waals surface area contributed by atoms with Gasteiger partial charge in [-0.1, -0.05) is 23.8 Å². The van der Waals surface area contributed by atoms with E-state index in [2.05, 4.69) is 5.32 Å². The van der Waals surface area contributed by atoms with Crippen LogP contribution in [0, 0.1) is 13.8 Å². The fourth-order valence-corrected chi connectivity index (χ4v) is 4.78. The van der Waals surface area contributed by atoms with Gasteiger partial charge in [0.1, 0.15) is 19.3 Å². The Kier molecular flexibility index (Phi) is 6.26. The number of hydrogen-bond donors (Lipinski definition) is 1. The van der Waals surface area contributed by atoms with E-state index in [1.165, 1.54) is 0 Å². The highest BCUT2D eigenvalue weighted by atomic mass is 32.2. The largest absolute Gasteiger partial charge is 0.486 e. The first kappa shape index (κ1) is 22.0. The van der Waals surface area contributed by atoms with Crippen LogP contribution in [0.5, 0.6) is 11.5 Å². The Hall–Kier alpha value is -2.74. The molecule has 0 aromatic heterocycles. The van der Waals surface area contributed by atoms with E-state index in [0.29, 0.717) is 30.4 Å². The van der Waals surface area contributed by atoms with E-state index in [4.69, 9.17) is 9.47 Å². The lowest BCUT2D eigenvalue weighted by atomic mass is 10.00. The fourth-order valence-electron chi connectivity index (χ4n) is 3.62. The quantitative estimate of drug-likeness (QED) is 0.758. The summed E-state index contributed by atoms with van der Waals surface area (Å²) >= 11 is 0. The third kappa shape index (κ3) is 4.70. The van der Waals surface area contributed by atoms with E-state index >= 15 is 0 Å². The first-order valence-corrected chi connectivity index (χ1v) is 11.7. The number of fused-ring (bicyclic) bond motifs is 1. The van der Waals surface area contributed by atoms with Crippen LogP contribution in [0.3, 0.4) is 0 Å². The third-order valence-electron chi connectivity index (χ3n) is 5.13. The second kappa shape index (κ2) is 8.55. The number of nitrogens with zero attached hydrogens (tertiary/aromatic N) is 1. The maximum Gasteiger partial charge on any atom is 0.244 e. The summed E-state index contributed by atoms with van der Waals surface area (Å²) in [5.41, 5.74) is 3.51. The van der Waals surface area contributed by atoms with E-state index in [9.17, 15) is 13.2 Å². The van der Waals surface area contributed by atoms with Crippen molar-refractivity contribution in [3.8, 4) is 11.5 Å². The molecule has 1 aliphatic heterocycles. The van der Waals surface area contributed by atoms with Gasteiger partial charge in [0.25, 0.3) is 0 Å². The van der Waals surface area contributed by atoms with Crippen LogP contribution in [0.1, 0.15) is 36.6 Å². The molecule has 0 aliphatic carbocycles. The SMILES string of the molecule is Cc1ccc(C)c([C@@H](C)NC(=O)[C@H](C)N(c2ccc3c(c2)OCCO3)S(C)(=O)=O)c1. The number of anilines is 1. The van der Waals surface area contributed by atoms with Gasteiger partial charge in [0, 0.05) is 6.07 Å². The van der Waals surface area contributed by atoms with E-state index in [-0.39, 0.29) is 11.9 Å². The van der Waals surface area contributed by atoms with Crippen LogP contribution in [0.4, 0.5) is 5.69 Å². The normalized spacial score (nSPS) is 15.2. The van der Waals surface area contributed by atoms with Gasteiger partial charge in [-0.25, -0.2) is 8.42 Å². The summed E-state index contributed by atoms with van der Waals surface area (Å²) in [6.45, 7) is 8.27. The average Bonchev–Trinajstić information content (AvgIpc) is 2.68. The molecule has 0 bridgehead atoms. The maximum absolute atomic E-state index is 13.0. The molecule has 2 aromatic carbocycles. The summed E-state index contributed by atoms with van der Waals surface area (Å²) in [5, 5.41) is 2.95. The van der Waals surface area contributed by atoms with Gasteiger partial charge in [-0.15, -0.1) is 0 Å². The van der Waals surface area contributed by atoms with E-state index in [0.717, 1.165) is 27.3 Å². The molecule has 7 nitrogen and oxygen atoms in total. The lowest BCUT2D eigenvalue weighted by molar-refractivity contribution is -0.122. The van der Waals surface area contributed by atoms with E-state index in [1.807, 2.05) is 39.0 Å². The van der Waals surface area contributed by atoms with Gasteiger partial charge in [-0.3, -0.25) is 9.10 Å². The molecule has 0 fully saturated rings. The van der Waals surface area contributed by atoms with Crippen LogP contribution in [-0.4, -0.2) is 39.8 Å². The van der Waals surface area contributed by atoms with E-state index in [1.54, 1.807) is 25.1 Å². The van der Waals surface area contributed by atoms with Crippen molar-refractivity contribution in [2.45, 2.75) is 39.8 Å². The van der Waals surface area contributed by atoms with Gasteiger partial charge in [0.2, 0.25) is 15.9 Å². The number of carbonyl (C=O) groups is 1. The Morgan fingerprint density at radius 2 is 1.70 bits per heavy atom. The zero-order valence-electron chi connectivity index (χ0n) is 17.9. The number of amides is 1. The van der Waals surface area contributed by atoms with Crippen molar-refractivity contribution in [3.63, 3.8) is 0 Å². The van der Waals surface area contributed by atoms with Crippen LogP contribution in [-0.2, 0) is 14.8 Å². The maximum atomic E-state index is 13.0. The standard InChI is InChI=1S/C22H28N2O5S/c1-14-6-7-15(2)19(12-14)16(3)23-22(25)17(4)24(30(5,26)27)18-8-9-20-21(13-18)29-11-10-28-20/h6-9,12-13,16-17H,10-11H2,1-5H3,(H,23,25)/t16-,17+/m1/s1. The van der Waals surface area contributed by atoms with Crippen molar-refractivity contribution >= 4 is 21.6 Å². The predicted molar refractivity (Wildman–Crippen MR) is 117 cm³/mol. The number of sulfonamides is 1. The minimum Gasteiger partial charge on any atom is -0.486 e. The molecule has 2 aromatic rings. The van der Waals surface area contributed by atoms with Crippen LogP contribution in [0.2, 0.25) is 0 Å². The third-order valence-corrected chi connectivity index (χ3v) is 6.37. The van der Waals surface area contributed by atoms with Crippen LogP contribution >= 0.6 is 0 Å². The van der Waals surface area contributed by atoms with Crippen LogP contribution < -0.4 is 19.1 Å². The second-order valence-corrected chi connectivity index (χ2v) is 9.51. The molecule has 1 N–H and O–H groups in total. The smallest absolute Gasteiger partial charge is 0.244 e. The molecule has 0 spiro atoms. The Morgan fingerprint density at radius 3 is 2.37 bits per heavy atom. The van der Waals surface area contributed by atoms with Crippen LogP contribution in [0.25, 0.3) is 0 Å². The number of benzene rings is 2. The fraction of sp³-hybridized carbons (Fsp3) is 0.409. The first-order valence-electron chi connectivity index (χ1n) is 9.84. The van der Waals surface area contributed by atoms with Gasteiger partial charge in [0.05, 0.1) is 18.0 Å². The molecule has 1 heterocycles. The summed E-state index contributed by atoms with van der Waals surface area (Å²) < 4.78 is 37.3. The minimum absolute atomic E-state index is 0.262. The Labute approximate surface area is 178 Å². The number of carbonyl (C=O) groups excluding carboxylic acids is 1. The Bertz CT molecular complexity index is 1050. The summed E-state index contributed by atoms with van der Waals surface area (Å²) in [5.74, 6) is 0.631. The molecular formula is C22H28N2O5S. The van der Waals surface area contributed by atoms with Gasteiger partial charge >= 0.3 is 0 Å². The number of hydrogen-bond acceptors (Lipinski definition) is 5. The molecular weight excluding hydrogens is 404 g/mol. The number of ether oxygens (including phenoxy) is 2. The number of aryl methyl sites for hydroxylation is 2. The molecule has 1 aliphatic rings. The molecule has 0 saturated heterocycles. The van der Waals surface area contributed by atoms with Crippen molar-refractivity contribution in [2.24, 2.45) is 0 Å². The lowest BCUT2D eigenvalue weighted by Crippen LogP contribution is -2.48. The average molecular weight is 433 g/mol. The first-order chi connectivity index (χ1) is 14.1. The van der Waals surface area contributed by atoms with Crippen molar-refractivity contribution in [1.82, 2.24) is 5.32 Å². The molecule has 8 heteroatoms. The summed E-state index contributed by atoms with van der Waals surface area (Å²) in [4.78, 5) is 13.0. The molecule has 162 valence electrons. The van der Waals surface area contributed by atoms with Crippen LogP contribution in [0.15, 0.2) is 36.4 Å². The van der Waals surface area contributed by atoms with Crippen molar-refractivity contribution < 1.29 is 22.7 Å². The molecule has 3 rings (SSSR count). The predicted octanol–water partition coefficient (Wildman–Crippen LogP) is 3.11. The molecule has 0 radical (unpaired) electrons. The Morgan fingerprint density at radius 1 is 1.03 bits per heavy atom. The molecule has 0 unspecified atom stereocenters. The molecule has 2 atom stereocenters. The van der Waals surface area contributed by atoms with Crippen molar-refractivity contribution in [3.05, 3.63) is 53.1 Å². The van der Waals surface area contributed by atoms with Gasteiger partial charge < -0.3 is 14.8 Å². The number of rotatable bonds is 6. The van der Waals surface area contributed by atoms with Crippen molar-refractivity contribution in [1.29, 1.82) is 0 Å².